The molecule has 6 nitrogen and oxygen atoms in total. The average Bonchev–Trinajstić information content (AvgIpc) is 2.43. The maximum Gasteiger partial charge on any atom is 0.328 e. The van der Waals surface area contributed by atoms with Gasteiger partial charge in [-0.25, -0.2) is 4.79 Å². The lowest BCUT2D eigenvalue weighted by atomic mass is 10.1. The van der Waals surface area contributed by atoms with Crippen molar-refractivity contribution in [2.24, 2.45) is 5.92 Å². The van der Waals surface area contributed by atoms with E-state index in [2.05, 4.69) is 10.6 Å². The number of carboxylic acids is 1. The molecule has 0 bridgehead atoms. The van der Waals surface area contributed by atoms with Gasteiger partial charge in [0.2, 0.25) is 11.8 Å². The third kappa shape index (κ3) is 6.38. The number of rotatable bonds is 6. The van der Waals surface area contributed by atoms with Crippen LogP contribution in [0.4, 0.5) is 5.69 Å². The second-order valence-electron chi connectivity index (χ2n) is 4.73. The van der Waals surface area contributed by atoms with Gasteiger partial charge in [0.15, 0.2) is 0 Å². The summed E-state index contributed by atoms with van der Waals surface area (Å²) in [5.41, 5.74) is 1.45. The summed E-state index contributed by atoms with van der Waals surface area (Å²) in [5, 5.41) is 13.7. The highest BCUT2D eigenvalue weighted by Crippen LogP contribution is 2.11. The van der Waals surface area contributed by atoms with Crippen LogP contribution in [0.15, 0.2) is 36.4 Å². The summed E-state index contributed by atoms with van der Waals surface area (Å²) >= 11 is 0. The Labute approximate surface area is 122 Å². The van der Waals surface area contributed by atoms with Crippen LogP contribution in [0.25, 0.3) is 0 Å². The molecule has 0 saturated heterocycles. The maximum atomic E-state index is 11.6. The fourth-order valence-electron chi connectivity index (χ4n) is 1.44. The van der Waals surface area contributed by atoms with Crippen molar-refractivity contribution in [1.82, 2.24) is 5.32 Å². The number of hydrogen-bond donors (Lipinski definition) is 3. The van der Waals surface area contributed by atoms with E-state index in [-0.39, 0.29) is 18.4 Å². The first kappa shape index (κ1) is 16.4. The van der Waals surface area contributed by atoms with Crippen LogP contribution in [-0.4, -0.2) is 22.9 Å². The Hall–Kier alpha value is -2.63. The summed E-state index contributed by atoms with van der Waals surface area (Å²) in [7, 11) is 0. The Kier molecular flexibility index (Phi) is 6.13. The van der Waals surface area contributed by atoms with Crippen molar-refractivity contribution < 1.29 is 19.5 Å². The molecule has 0 radical (unpaired) electrons. The molecule has 1 aromatic carbocycles. The number of carbonyl (C=O) groups excluding carboxylic acids is 2. The van der Waals surface area contributed by atoms with Crippen molar-refractivity contribution in [3.8, 4) is 0 Å². The van der Waals surface area contributed by atoms with E-state index in [0.29, 0.717) is 5.69 Å². The number of amides is 2. The van der Waals surface area contributed by atoms with E-state index in [4.69, 9.17) is 5.11 Å². The van der Waals surface area contributed by atoms with Crippen LogP contribution in [0.3, 0.4) is 0 Å². The summed E-state index contributed by atoms with van der Waals surface area (Å²) in [6, 6.07) is 7.08. The summed E-state index contributed by atoms with van der Waals surface area (Å²) in [5.74, 6) is -1.87. The van der Waals surface area contributed by atoms with Crippen LogP contribution >= 0.6 is 0 Å². The van der Waals surface area contributed by atoms with E-state index in [1.807, 2.05) is 0 Å². The number of carbonyl (C=O) groups is 3. The van der Waals surface area contributed by atoms with Gasteiger partial charge in [0.05, 0.1) is 0 Å². The average molecular weight is 290 g/mol. The molecule has 0 aromatic heterocycles. The molecular formula is C15H18N2O4. The second kappa shape index (κ2) is 7.84. The molecular weight excluding hydrogens is 272 g/mol. The van der Waals surface area contributed by atoms with Gasteiger partial charge in [-0.05, 0) is 17.7 Å². The summed E-state index contributed by atoms with van der Waals surface area (Å²) in [4.78, 5) is 33.2. The topological polar surface area (TPSA) is 95.5 Å². The molecule has 0 aliphatic carbocycles. The molecule has 0 heterocycles. The van der Waals surface area contributed by atoms with Crippen LogP contribution in [0.2, 0.25) is 0 Å². The molecule has 0 saturated carbocycles. The van der Waals surface area contributed by atoms with E-state index in [9.17, 15) is 14.4 Å². The lowest BCUT2D eigenvalue weighted by Gasteiger charge is -2.09. The SMILES string of the molecule is CC(C)C(=O)Nc1cccc(CNC(=O)/C=C/C(=O)O)c1. The van der Waals surface area contributed by atoms with Crippen LogP contribution in [0.1, 0.15) is 19.4 Å². The molecule has 6 heteroatoms. The lowest BCUT2D eigenvalue weighted by molar-refractivity contribution is -0.131. The minimum Gasteiger partial charge on any atom is -0.478 e. The number of aliphatic carboxylic acids is 1. The van der Waals surface area contributed by atoms with Gasteiger partial charge >= 0.3 is 5.97 Å². The highest BCUT2D eigenvalue weighted by atomic mass is 16.4. The largest absolute Gasteiger partial charge is 0.478 e. The Morgan fingerprint density at radius 3 is 2.57 bits per heavy atom. The number of carboxylic acid groups (broad SMARTS) is 1. The predicted molar refractivity (Wildman–Crippen MR) is 78.5 cm³/mol. The van der Waals surface area contributed by atoms with Crippen molar-refractivity contribution in [1.29, 1.82) is 0 Å². The van der Waals surface area contributed by atoms with E-state index in [1.54, 1.807) is 38.1 Å². The minimum absolute atomic E-state index is 0.0828. The first-order valence-electron chi connectivity index (χ1n) is 6.47. The van der Waals surface area contributed by atoms with Crippen molar-refractivity contribution >= 4 is 23.5 Å². The van der Waals surface area contributed by atoms with Gasteiger partial charge in [-0.2, -0.15) is 0 Å². The highest BCUT2D eigenvalue weighted by molar-refractivity contribution is 5.94. The molecule has 0 spiro atoms. The predicted octanol–water partition coefficient (Wildman–Crippen LogP) is 1.54. The molecule has 0 unspecified atom stereocenters. The van der Waals surface area contributed by atoms with E-state index < -0.39 is 11.9 Å². The fraction of sp³-hybridized carbons (Fsp3) is 0.267. The zero-order chi connectivity index (χ0) is 15.8. The third-order valence-electron chi connectivity index (χ3n) is 2.56. The lowest BCUT2D eigenvalue weighted by Crippen LogP contribution is -2.21. The van der Waals surface area contributed by atoms with E-state index >= 15 is 0 Å². The maximum absolute atomic E-state index is 11.6. The quantitative estimate of drug-likeness (QED) is 0.692. The Morgan fingerprint density at radius 2 is 1.95 bits per heavy atom. The van der Waals surface area contributed by atoms with Gasteiger partial charge < -0.3 is 15.7 Å². The highest BCUT2D eigenvalue weighted by Gasteiger charge is 2.07. The zero-order valence-electron chi connectivity index (χ0n) is 11.9. The van der Waals surface area contributed by atoms with Gasteiger partial charge in [0.1, 0.15) is 0 Å². The normalized spacial score (nSPS) is 10.6. The van der Waals surface area contributed by atoms with Crippen molar-refractivity contribution in [2.45, 2.75) is 20.4 Å². The number of benzene rings is 1. The van der Waals surface area contributed by atoms with Crippen molar-refractivity contribution in [3.63, 3.8) is 0 Å². The Bertz CT molecular complexity index is 565. The first-order valence-corrected chi connectivity index (χ1v) is 6.47. The molecule has 0 aliphatic heterocycles. The molecule has 0 aliphatic rings. The van der Waals surface area contributed by atoms with E-state index in [0.717, 1.165) is 17.7 Å². The molecule has 112 valence electrons. The molecule has 2 amide bonds. The molecule has 0 fully saturated rings. The third-order valence-corrected chi connectivity index (χ3v) is 2.56. The zero-order valence-corrected chi connectivity index (χ0v) is 11.9. The molecule has 1 aromatic rings. The van der Waals surface area contributed by atoms with Gasteiger partial charge in [-0.15, -0.1) is 0 Å². The summed E-state index contributed by atoms with van der Waals surface area (Å²) in [6.07, 6.45) is 1.72. The summed E-state index contributed by atoms with van der Waals surface area (Å²) < 4.78 is 0. The minimum atomic E-state index is -1.18. The number of nitrogens with one attached hydrogen (secondary N) is 2. The smallest absolute Gasteiger partial charge is 0.328 e. The standard InChI is InChI=1S/C15H18N2O4/c1-10(2)15(21)17-12-5-3-4-11(8-12)9-16-13(18)6-7-14(19)20/h3-8,10H,9H2,1-2H3,(H,16,18)(H,17,21)(H,19,20)/b7-6+. The molecule has 0 atom stereocenters. The van der Waals surface area contributed by atoms with E-state index in [1.165, 1.54) is 0 Å². The Balaban J connectivity index is 2.59. The number of hydrogen-bond acceptors (Lipinski definition) is 3. The molecule has 21 heavy (non-hydrogen) atoms. The Morgan fingerprint density at radius 1 is 1.24 bits per heavy atom. The molecule has 1 rings (SSSR count). The van der Waals surface area contributed by atoms with Crippen LogP contribution in [0, 0.1) is 5.92 Å². The van der Waals surface area contributed by atoms with Gasteiger partial charge in [-0.3, -0.25) is 9.59 Å². The molecule has 3 N–H and O–H groups in total. The van der Waals surface area contributed by atoms with Crippen LogP contribution < -0.4 is 10.6 Å². The van der Waals surface area contributed by atoms with Crippen LogP contribution in [0.5, 0.6) is 0 Å². The van der Waals surface area contributed by atoms with Gasteiger partial charge in [0, 0.05) is 30.3 Å². The van der Waals surface area contributed by atoms with Gasteiger partial charge in [-0.1, -0.05) is 26.0 Å². The monoisotopic (exact) mass is 290 g/mol. The van der Waals surface area contributed by atoms with Gasteiger partial charge in [0.25, 0.3) is 0 Å². The van der Waals surface area contributed by atoms with Crippen LogP contribution in [-0.2, 0) is 20.9 Å². The first-order chi connectivity index (χ1) is 9.88. The van der Waals surface area contributed by atoms with Crippen molar-refractivity contribution in [3.05, 3.63) is 42.0 Å². The summed E-state index contributed by atoms with van der Waals surface area (Å²) in [6.45, 7) is 3.84. The van der Waals surface area contributed by atoms with Crippen molar-refractivity contribution in [2.75, 3.05) is 5.32 Å². The number of anilines is 1. The fourth-order valence-corrected chi connectivity index (χ4v) is 1.44. The second-order valence-corrected chi connectivity index (χ2v) is 4.73.